The molecule has 0 saturated carbocycles. The van der Waals surface area contributed by atoms with E-state index < -0.39 is 10.0 Å². The van der Waals surface area contributed by atoms with Crippen molar-refractivity contribution in [1.82, 2.24) is 14.2 Å². The predicted molar refractivity (Wildman–Crippen MR) is 105 cm³/mol. The Kier molecular flexibility index (Phi) is 4.73. The van der Waals surface area contributed by atoms with Gasteiger partial charge in [-0.1, -0.05) is 11.3 Å². The van der Waals surface area contributed by atoms with Gasteiger partial charge in [-0.2, -0.15) is 4.31 Å². The molecule has 1 aromatic heterocycles. The van der Waals surface area contributed by atoms with E-state index in [9.17, 15) is 13.2 Å². The molecule has 0 atom stereocenters. The molecule has 2 fully saturated rings. The zero-order valence-electron chi connectivity index (χ0n) is 15.3. The molecule has 1 aromatic carbocycles. The number of fused-ring (bicyclic) bond motifs is 1. The highest BCUT2D eigenvalue weighted by atomic mass is 32.2. The molecule has 4 rings (SSSR count). The van der Waals surface area contributed by atoms with Gasteiger partial charge in [-0.05, 0) is 12.1 Å². The van der Waals surface area contributed by atoms with Crippen LogP contribution in [-0.2, 0) is 14.8 Å². The van der Waals surface area contributed by atoms with Crippen LogP contribution in [0.25, 0.3) is 10.2 Å². The lowest BCUT2D eigenvalue weighted by Gasteiger charge is -2.42. The number of aromatic nitrogens is 1. The lowest BCUT2D eigenvalue weighted by molar-refractivity contribution is -0.137. The zero-order valence-corrected chi connectivity index (χ0v) is 16.9. The van der Waals surface area contributed by atoms with Gasteiger partial charge in [0.2, 0.25) is 15.9 Å². The minimum atomic E-state index is -3.18. The number of benzene rings is 1. The number of ether oxygens (including phenoxy) is 1. The van der Waals surface area contributed by atoms with Crippen LogP contribution in [0.2, 0.25) is 0 Å². The Morgan fingerprint density at radius 2 is 1.93 bits per heavy atom. The van der Waals surface area contributed by atoms with Crippen LogP contribution in [0.4, 0.5) is 5.13 Å². The zero-order chi connectivity index (χ0) is 19.2. The quantitative estimate of drug-likeness (QED) is 0.743. The number of rotatable bonds is 4. The number of piperazine rings is 1. The molecule has 10 heteroatoms. The predicted octanol–water partition coefficient (Wildman–Crippen LogP) is 0.845. The molecule has 2 aromatic rings. The van der Waals surface area contributed by atoms with Gasteiger partial charge in [0.1, 0.15) is 5.75 Å². The van der Waals surface area contributed by atoms with E-state index in [0.29, 0.717) is 39.3 Å². The van der Waals surface area contributed by atoms with Gasteiger partial charge in [-0.15, -0.1) is 0 Å². The van der Waals surface area contributed by atoms with Crippen molar-refractivity contribution in [3.05, 3.63) is 18.2 Å². The van der Waals surface area contributed by atoms with Crippen LogP contribution in [0.3, 0.4) is 0 Å². The number of amides is 1. The molecule has 0 bridgehead atoms. The fourth-order valence-electron chi connectivity index (χ4n) is 3.45. The molecule has 27 heavy (non-hydrogen) atoms. The molecule has 0 radical (unpaired) electrons. The third-order valence-electron chi connectivity index (χ3n) is 5.10. The van der Waals surface area contributed by atoms with E-state index in [2.05, 4.69) is 9.88 Å². The average Bonchev–Trinajstić information content (AvgIpc) is 3.02. The molecular weight excluding hydrogens is 388 g/mol. The molecule has 2 saturated heterocycles. The van der Waals surface area contributed by atoms with Crippen LogP contribution < -0.4 is 9.64 Å². The number of sulfonamides is 1. The van der Waals surface area contributed by atoms with Gasteiger partial charge in [0, 0.05) is 45.3 Å². The van der Waals surface area contributed by atoms with Crippen molar-refractivity contribution in [3.63, 3.8) is 0 Å². The highest BCUT2D eigenvalue weighted by molar-refractivity contribution is 7.88. The molecule has 0 spiro atoms. The third kappa shape index (κ3) is 3.61. The maximum absolute atomic E-state index is 12.7. The van der Waals surface area contributed by atoms with Crippen LogP contribution in [0, 0.1) is 5.92 Å². The Labute approximate surface area is 162 Å². The maximum atomic E-state index is 12.7. The highest BCUT2D eigenvalue weighted by Crippen LogP contribution is 2.34. The van der Waals surface area contributed by atoms with Crippen molar-refractivity contribution in [2.75, 3.05) is 57.5 Å². The Morgan fingerprint density at radius 3 is 2.56 bits per heavy atom. The number of nitrogens with zero attached hydrogens (tertiary/aromatic N) is 4. The van der Waals surface area contributed by atoms with E-state index in [0.717, 1.165) is 21.1 Å². The van der Waals surface area contributed by atoms with Gasteiger partial charge >= 0.3 is 0 Å². The second-order valence-electron chi connectivity index (χ2n) is 6.92. The van der Waals surface area contributed by atoms with Gasteiger partial charge < -0.3 is 14.5 Å². The van der Waals surface area contributed by atoms with E-state index in [1.54, 1.807) is 23.3 Å². The monoisotopic (exact) mass is 410 g/mol. The minimum Gasteiger partial charge on any atom is -0.497 e. The number of anilines is 1. The van der Waals surface area contributed by atoms with Crippen LogP contribution in [0.1, 0.15) is 0 Å². The summed E-state index contributed by atoms with van der Waals surface area (Å²) >= 11 is 1.61. The normalized spacial score (nSPS) is 19.3. The number of hydrogen-bond donors (Lipinski definition) is 0. The number of carbonyl (C=O) groups excluding carboxylic acids is 1. The molecule has 2 aliphatic rings. The SMILES string of the molecule is COc1ccc2sc(N3CC(C(=O)N4CCN(S(C)(=O)=O)CC4)C3)nc2c1. The van der Waals surface area contributed by atoms with Crippen LogP contribution in [0.5, 0.6) is 5.75 Å². The van der Waals surface area contributed by atoms with Crippen molar-refractivity contribution < 1.29 is 17.9 Å². The van der Waals surface area contributed by atoms with Crippen LogP contribution >= 0.6 is 11.3 Å². The lowest BCUT2D eigenvalue weighted by atomic mass is 9.99. The summed E-state index contributed by atoms with van der Waals surface area (Å²) in [5.41, 5.74) is 0.904. The van der Waals surface area contributed by atoms with Crippen molar-refractivity contribution in [2.45, 2.75) is 0 Å². The topological polar surface area (TPSA) is 83.0 Å². The minimum absolute atomic E-state index is 0.0451. The summed E-state index contributed by atoms with van der Waals surface area (Å²) in [5, 5.41) is 0.921. The van der Waals surface area contributed by atoms with Gasteiger partial charge in [0.05, 0.1) is 29.5 Å². The Morgan fingerprint density at radius 1 is 1.22 bits per heavy atom. The van der Waals surface area contributed by atoms with E-state index in [1.807, 2.05) is 18.2 Å². The Hall–Kier alpha value is -1.91. The molecule has 8 nitrogen and oxygen atoms in total. The summed E-state index contributed by atoms with van der Waals surface area (Å²) < 4.78 is 30.9. The molecule has 146 valence electrons. The van der Waals surface area contributed by atoms with E-state index >= 15 is 0 Å². The first-order chi connectivity index (χ1) is 12.8. The van der Waals surface area contributed by atoms with Crippen molar-refractivity contribution >= 4 is 42.6 Å². The Bertz CT molecular complexity index is 960. The second-order valence-corrected chi connectivity index (χ2v) is 9.91. The van der Waals surface area contributed by atoms with Crippen molar-refractivity contribution in [3.8, 4) is 5.75 Å². The first kappa shape index (κ1) is 18.5. The number of methoxy groups -OCH3 is 1. The maximum Gasteiger partial charge on any atom is 0.229 e. The smallest absolute Gasteiger partial charge is 0.229 e. The summed E-state index contributed by atoms with van der Waals surface area (Å²) in [4.78, 5) is 21.2. The molecular formula is C17H22N4O4S2. The number of carbonyl (C=O) groups is 1. The van der Waals surface area contributed by atoms with E-state index in [1.165, 1.54) is 10.6 Å². The fraction of sp³-hybridized carbons (Fsp3) is 0.529. The first-order valence-corrected chi connectivity index (χ1v) is 11.4. The number of thiazole rings is 1. The lowest BCUT2D eigenvalue weighted by Crippen LogP contribution is -2.58. The largest absolute Gasteiger partial charge is 0.497 e. The summed E-state index contributed by atoms with van der Waals surface area (Å²) in [7, 11) is -1.54. The van der Waals surface area contributed by atoms with Gasteiger partial charge in [-0.3, -0.25) is 4.79 Å². The highest BCUT2D eigenvalue weighted by Gasteiger charge is 2.38. The summed E-state index contributed by atoms with van der Waals surface area (Å²) in [6, 6.07) is 5.83. The van der Waals surface area contributed by atoms with Gasteiger partial charge in [-0.25, -0.2) is 13.4 Å². The second kappa shape index (κ2) is 6.92. The molecule has 0 aliphatic carbocycles. The molecule has 0 unspecified atom stereocenters. The van der Waals surface area contributed by atoms with Crippen molar-refractivity contribution in [2.24, 2.45) is 5.92 Å². The average molecular weight is 411 g/mol. The van der Waals surface area contributed by atoms with Gasteiger partial charge in [0.15, 0.2) is 5.13 Å². The first-order valence-electron chi connectivity index (χ1n) is 8.78. The Balaban J connectivity index is 1.35. The summed E-state index contributed by atoms with van der Waals surface area (Å²) in [5.74, 6) is 0.850. The fourth-order valence-corrected chi connectivity index (χ4v) is 5.24. The molecule has 1 amide bonds. The standard InChI is InChI=1S/C17H22N4O4S2/c1-25-13-3-4-15-14(9-13)18-17(26-15)20-10-12(11-20)16(22)19-5-7-21(8-6-19)27(2,23)24/h3-4,9,12H,5-8,10-11H2,1-2H3. The van der Waals surface area contributed by atoms with Gasteiger partial charge in [0.25, 0.3) is 0 Å². The summed E-state index contributed by atoms with van der Waals surface area (Å²) in [6.07, 6.45) is 1.21. The van der Waals surface area contributed by atoms with E-state index in [-0.39, 0.29) is 11.8 Å². The summed E-state index contributed by atoms with van der Waals surface area (Å²) in [6.45, 7) is 2.98. The van der Waals surface area contributed by atoms with E-state index in [4.69, 9.17) is 4.74 Å². The van der Waals surface area contributed by atoms with Crippen LogP contribution in [-0.4, -0.2) is 81.1 Å². The van der Waals surface area contributed by atoms with Crippen molar-refractivity contribution in [1.29, 1.82) is 0 Å². The molecule has 3 heterocycles. The third-order valence-corrected chi connectivity index (χ3v) is 7.50. The number of hydrogen-bond acceptors (Lipinski definition) is 7. The van der Waals surface area contributed by atoms with Crippen LogP contribution in [0.15, 0.2) is 18.2 Å². The molecule has 0 N–H and O–H groups in total. The molecule has 2 aliphatic heterocycles.